The van der Waals surface area contributed by atoms with E-state index in [9.17, 15) is 0 Å². The van der Waals surface area contributed by atoms with Crippen LogP contribution in [-0.4, -0.2) is 19.1 Å². The molecule has 3 aromatic heterocycles. The van der Waals surface area contributed by atoms with Crippen LogP contribution in [0.2, 0.25) is 0 Å². The Labute approximate surface area is 368 Å². The Kier molecular flexibility index (Phi) is 9.12. The standard InChI is InChI=1S/C57H47N5O/c1-37-38(2)60-36-61(51-25-14-13-22-50(51)56(60)59-37)43-31-41(55-46(39-17-8-6-9-18-39)23-16-24-47(55)40-19-10-7-11-20-40)32-45(34-43)63-44-27-28-49-48-21-12-15-26-52(48)62(53(49)35-44)54-33-42(29-30-58-54)57(3,4)5/h6-35H,36H2,1-5H3. The summed E-state index contributed by atoms with van der Waals surface area (Å²) >= 11 is 0. The Hall–Kier alpha value is -7.70. The van der Waals surface area contributed by atoms with Crippen molar-refractivity contribution in [3.05, 3.63) is 199 Å². The number of anilines is 2. The van der Waals surface area contributed by atoms with Gasteiger partial charge in [-0.1, -0.05) is 130 Å². The Morgan fingerprint density at radius 3 is 1.97 bits per heavy atom. The largest absolute Gasteiger partial charge is 0.457 e. The summed E-state index contributed by atoms with van der Waals surface area (Å²) in [5.74, 6) is 3.36. The number of ether oxygens (including phenoxy) is 1. The molecular weight excluding hydrogens is 771 g/mol. The molecule has 1 aliphatic heterocycles. The number of rotatable bonds is 7. The molecule has 0 radical (unpaired) electrons. The molecule has 0 saturated heterocycles. The molecule has 0 atom stereocenters. The van der Waals surface area contributed by atoms with E-state index < -0.39 is 0 Å². The first-order valence-electron chi connectivity index (χ1n) is 21.7. The van der Waals surface area contributed by atoms with Gasteiger partial charge in [-0.25, -0.2) is 9.97 Å². The maximum Gasteiger partial charge on any atom is 0.144 e. The summed E-state index contributed by atoms with van der Waals surface area (Å²) in [6.45, 7) is 11.6. The van der Waals surface area contributed by atoms with Gasteiger partial charge in [0.1, 0.15) is 29.8 Å². The molecule has 0 aliphatic carbocycles. The van der Waals surface area contributed by atoms with E-state index in [1.165, 1.54) is 10.9 Å². The minimum absolute atomic E-state index is 0.0290. The van der Waals surface area contributed by atoms with E-state index in [4.69, 9.17) is 14.7 Å². The fourth-order valence-electron chi connectivity index (χ4n) is 9.30. The molecule has 0 N–H and O–H groups in total. The predicted molar refractivity (Wildman–Crippen MR) is 259 cm³/mol. The molecule has 0 bridgehead atoms. The Morgan fingerprint density at radius 2 is 1.22 bits per heavy atom. The van der Waals surface area contributed by atoms with Gasteiger partial charge in [0.05, 0.1) is 22.4 Å². The molecule has 1 aliphatic rings. The highest BCUT2D eigenvalue weighted by Crippen LogP contribution is 2.47. The number of para-hydroxylation sites is 2. The highest BCUT2D eigenvalue weighted by atomic mass is 16.5. The minimum atomic E-state index is -0.0290. The van der Waals surface area contributed by atoms with Crippen LogP contribution in [0.15, 0.2) is 182 Å². The number of pyridine rings is 1. The molecule has 11 rings (SSSR count). The third kappa shape index (κ3) is 6.66. The zero-order valence-corrected chi connectivity index (χ0v) is 36.2. The molecule has 4 heterocycles. The first-order valence-corrected chi connectivity index (χ1v) is 21.7. The van der Waals surface area contributed by atoms with Crippen LogP contribution in [0, 0.1) is 13.8 Å². The molecule has 0 saturated carbocycles. The number of imidazole rings is 1. The van der Waals surface area contributed by atoms with Gasteiger partial charge in [-0.2, -0.15) is 0 Å². The minimum Gasteiger partial charge on any atom is -0.457 e. The summed E-state index contributed by atoms with van der Waals surface area (Å²) < 4.78 is 11.7. The summed E-state index contributed by atoms with van der Waals surface area (Å²) in [5, 5.41) is 2.32. The van der Waals surface area contributed by atoms with Gasteiger partial charge in [0, 0.05) is 46.0 Å². The van der Waals surface area contributed by atoms with E-state index in [1.807, 2.05) is 6.20 Å². The molecule has 63 heavy (non-hydrogen) atoms. The molecule has 10 aromatic rings. The zero-order chi connectivity index (χ0) is 42.8. The summed E-state index contributed by atoms with van der Waals surface area (Å²) in [4.78, 5) is 12.4. The summed E-state index contributed by atoms with van der Waals surface area (Å²) in [7, 11) is 0. The highest BCUT2D eigenvalue weighted by Gasteiger charge is 2.28. The number of aromatic nitrogens is 4. The highest BCUT2D eigenvalue weighted by molar-refractivity contribution is 6.09. The van der Waals surface area contributed by atoms with Crippen molar-refractivity contribution in [2.24, 2.45) is 0 Å². The molecule has 0 amide bonds. The van der Waals surface area contributed by atoms with E-state index in [1.54, 1.807) is 0 Å². The van der Waals surface area contributed by atoms with Crippen LogP contribution in [0.5, 0.6) is 11.5 Å². The van der Waals surface area contributed by atoms with Crippen LogP contribution >= 0.6 is 0 Å². The maximum absolute atomic E-state index is 7.14. The van der Waals surface area contributed by atoms with Gasteiger partial charge in [-0.05, 0) is 113 Å². The maximum atomic E-state index is 7.14. The lowest BCUT2D eigenvalue weighted by Gasteiger charge is -2.33. The van der Waals surface area contributed by atoms with Crippen LogP contribution in [-0.2, 0) is 12.1 Å². The molecule has 0 spiro atoms. The van der Waals surface area contributed by atoms with Crippen molar-refractivity contribution in [1.82, 2.24) is 19.1 Å². The Bertz CT molecular complexity index is 3300. The van der Waals surface area contributed by atoms with E-state index in [-0.39, 0.29) is 5.41 Å². The number of fused-ring (bicyclic) bond motifs is 6. The average Bonchev–Trinajstić information content (AvgIpc) is 3.80. The molecule has 0 fully saturated rings. The second-order valence-electron chi connectivity index (χ2n) is 17.6. The van der Waals surface area contributed by atoms with Gasteiger partial charge in [0.2, 0.25) is 0 Å². The van der Waals surface area contributed by atoms with Crippen molar-refractivity contribution >= 4 is 33.2 Å². The zero-order valence-electron chi connectivity index (χ0n) is 36.2. The lowest BCUT2D eigenvalue weighted by atomic mass is 9.87. The Morgan fingerprint density at radius 1 is 0.556 bits per heavy atom. The van der Waals surface area contributed by atoms with E-state index in [0.717, 1.165) is 101 Å². The fraction of sp³-hybridized carbons (Fsp3) is 0.123. The van der Waals surface area contributed by atoms with Gasteiger partial charge in [0.25, 0.3) is 0 Å². The van der Waals surface area contributed by atoms with Gasteiger partial charge in [-0.15, -0.1) is 0 Å². The topological polar surface area (TPSA) is 48.1 Å². The number of hydrogen-bond acceptors (Lipinski definition) is 4. The van der Waals surface area contributed by atoms with E-state index in [2.05, 4.69) is 225 Å². The van der Waals surface area contributed by atoms with Crippen molar-refractivity contribution in [1.29, 1.82) is 0 Å². The molecule has 0 unspecified atom stereocenters. The van der Waals surface area contributed by atoms with E-state index >= 15 is 0 Å². The first-order chi connectivity index (χ1) is 30.7. The first kappa shape index (κ1) is 38.2. The summed E-state index contributed by atoms with van der Waals surface area (Å²) in [6.07, 6.45) is 1.93. The van der Waals surface area contributed by atoms with Crippen molar-refractivity contribution in [3.8, 4) is 62.1 Å². The number of nitrogens with zero attached hydrogens (tertiary/aromatic N) is 5. The molecule has 6 nitrogen and oxygen atoms in total. The van der Waals surface area contributed by atoms with Crippen molar-refractivity contribution in [3.63, 3.8) is 0 Å². The lowest BCUT2D eigenvalue weighted by molar-refractivity contribution is 0.483. The SMILES string of the molecule is Cc1nc2n(c1C)CN(c1cc(Oc3ccc4c5ccccc5n(-c5cc(C(C)(C)C)ccn5)c4c3)cc(-c3c(-c4ccccc4)cccc3-c3ccccc3)c1)c1ccccc1-2. The number of hydrogen-bond donors (Lipinski definition) is 0. The Balaban J connectivity index is 1.13. The number of benzene rings is 7. The van der Waals surface area contributed by atoms with Crippen molar-refractivity contribution in [2.45, 2.75) is 46.7 Å². The van der Waals surface area contributed by atoms with Crippen LogP contribution < -0.4 is 9.64 Å². The molecule has 7 aromatic carbocycles. The van der Waals surface area contributed by atoms with Crippen LogP contribution in [0.1, 0.15) is 37.7 Å². The van der Waals surface area contributed by atoms with Crippen molar-refractivity contribution in [2.75, 3.05) is 4.90 Å². The van der Waals surface area contributed by atoms with Gasteiger partial charge < -0.3 is 14.2 Å². The molecule has 6 heteroatoms. The molecular formula is C57H47N5O. The van der Waals surface area contributed by atoms with Gasteiger partial charge in [-0.3, -0.25) is 4.57 Å². The normalized spacial score (nSPS) is 12.4. The van der Waals surface area contributed by atoms with Gasteiger partial charge in [0.15, 0.2) is 0 Å². The predicted octanol–water partition coefficient (Wildman–Crippen LogP) is 14.9. The second kappa shape index (κ2) is 15.0. The molecule has 306 valence electrons. The van der Waals surface area contributed by atoms with Crippen molar-refractivity contribution < 1.29 is 4.74 Å². The van der Waals surface area contributed by atoms with Crippen LogP contribution in [0.3, 0.4) is 0 Å². The smallest absolute Gasteiger partial charge is 0.144 e. The van der Waals surface area contributed by atoms with Gasteiger partial charge >= 0.3 is 0 Å². The monoisotopic (exact) mass is 817 g/mol. The fourth-order valence-corrected chi connectivity index (χ4v) is 9.30. The van der Waals surface area contributed by atoms with E-state index in [0.29, 0.717) is 6.67 Å². The summed E-state index contributed by atoms with van der Waals surface area (Å²) in [6, 6.07) is 62.7. The third-order valence-electron chi connectivity index (χ3n) is 12.6. The number of aryl methyl sites for hydroxylation is 1. The van der Waals surface area contributed by atoms with Crippen LogP contribution in [0.25, 0.3) is 72.4 Å². The average molecular weight is 818 g/mol. The second-order valence-corrected chi connectivity index (χ2v) is 17.6. The lowest BCUT2D eigenvalue weighted by Crippen LogP contribution is -2.27. The quantitative estimate of drug-likeness (QED) is 0.161. The van der Waals surface area contributed by atoms with Crippen LogP contribution in [0.4, 0.5) is 11.4 Å². The summed E-state index contributed by atoms with van der Waals surface area (Å²) in [5.41, 5.74) is 15.6. The third-order valence-corrected chi connectivity index (χ3v) is 12.6.